The first kappa shape index (κ1) is 20.5. The molecule has 1 aliphatic rings. The van der Waals surface area contributed by atoms with E-state index in [0.29, 0.717) is 10.0 Å². The summed E-state index contributed by atoms with van der Waals surface area (Å²) < 4.78 is 10.8. The van der Waals surface area contributed by atoms with Crippen LogP contribution < -0.4 is 5.73 Å². The van der Waals surface area contributed by atoms with Crippen LogP contribution in [-0.2, 0) is 23.9 Å². The van der Waals surface area contributed by atoms with E-state index in [1.54, 1.807) is 38.1 Å². The lowest BCUT2D eigenvalue weighted by atomic mass is 9.76. The van der Waals surface area contributed by atoms with Crippen molar-refractivity contribution in [3.8, 4) is 6.07 Å². The van der Waals surface area contributed by atoms with Gasteiger partial charge < -0.3 is 15.2 Å². The van der Waals surface area contributed by atoms with Crippen LogP contribution in [0.5, 0.6) is 0 Å². The number of esters is 2. The van der Waals surface area contributed by atoms with Gasteiger partial charge in [-0.2, -0.15) is 5.26 Å². The van der Waals surface area contributed by atoms with Gasteiger partial charge in [0, 0.05) is 4.47 Å². The Labute approximate surface area is 164 Å². The van der Waals surface area contributed by atoms with E-state index in [-0.39, 0.29) is 31.0 Å². The smallest absolute Gasteiger partial charge is 0.345 e. The van der Waals surface area contributed by atoms with Gasteiger partial charge in [0.15, 0.2) is 0 Å². The van der Waals surface area contributed by atoms with Crippen LogP contribution in [0.4, 0.5) is 0 Å². The van der Waals surface area contributed by atoms with Crippen molar-refractivity contribution in [2.75, 3.05) is 13.2 Å². The van der Waals surface area contributed by atoms with Crippen molar-refractivity contribution in [1.82, 2.24) is 4.90 Å². The van der Waals surface area contributed by atoms with Gasteiger partial charge in [0.2, 0.25) is 6.41 Å². The SMILES string of the molecule is CCOC(=O)C1(C(=O)OCC)[C@H](c2ccccc2Br)C(C#N)=C(N)N1C=O. The molecule has 27 heavy (non-hydrogen) atoms. The molecular formula is C18H18BrN3O5. The fraction of sp³-hybridized carbons (Fsp3) is 0.333. The predicted octanol–water partition coefficient (Wildman–Crippen LogP) is 1.56. The van der Waals surface area contributed by atoms with Crippen molar-refractivity contribution >= 4 is 34.3 Å². The highest BCUT2D eigenvalue weighted by atomic mass is 79.9. The maximum Gasteiger partial charge on any atom is 0.345 e. The molecule has 0 radical (unpaired) electrons. The Morgan fingerprint density at radius 1 is 1.30 bits per heavy atom. The summed E-state index contributed by atoms with van der Waals surface area (Å²) in [5.41, 5.74) is 4.03. The summed E-state index contributed by atoms with van der Waals surface area (Å²) in [6, 6.07) is 8.64. The molecule has 0 saturated carbocycles. The summed E-state index contributed by atoms with van der Waals surface area (Å²) in [5.74, 6) is -3.54. The molecule has 1 heterocycles. The Morgan fingerprint density at radius 3 is 2.30 bits per heavy atom. The van der Waals surface area contributed by atoms with Gasteiger partial charge in [-0.3, -0.25) is 9.69 Å². The van der Waals surface area contributed by atoms with E-state index in [2.05, 4.69) is 15.9 Å². The number of nitrogens with two attached hydrogens (primary N) is 1. The molecular weight excluding hydrogens is 418 g/mol. The van der Waals surface area contributed by atoms with E-state index in [9.17, 15) is 19.6 Å². The molecule has 0 spiro atoms. The molecule has 0 aliphatic carbocycles. The molecule has 9 heteroatoms. The minimum absolute atomic E-state index is 0.0445. The average Bonchev–Trinajstić information content (AvgIpc) is 2.91. The van der Waals surface area contributed by atoms with E-state index < -0.39 is 23.4 Å². The Bertz CT molecular complexity index is 828. The number of ether oxygens (including phenoxy) is 2. The predicted molar refractivity (Wildman–Crippen MR) is 97.6 cm³/mol. The van der Waals surface area contributed by atoms with Crippen LogP contribution in [-0.4, -0.2) is 42.0 Å². The molecule has 0 unspecified atom stereocenters. The first-order valence-electron chi connectivity index (χ1n) is 8.14. The van der Waals surface area contributed by atoms with E-state index in [4.69, 9.17) is 15.2 Å². The number of hydrogen-bond donors (Lipinski definition) is 1. The largest absolute Gasteiger partial charge is 0.464 e. The summed E-state index contributed by atoms with van der Waals surface area (Å²) in [5, 5.41) is 9.68. The van der Waals surface area contributed by atoms with Crippen LogP contribution in [0.3, 0.4) is 0 Å². The standard InChI is InChI=1S/C18H18BrN3O5/c1-3-26-16(24)18(17(25)27-4-2)14(11-7-5-6-8-13(11)19)12(9-20)15(21)22(18)10-23/h5-8,10,14H,3-4,21H2,1-2H3/t14-/m1/s1. The fourth-order valence-corrected chi connectivity index (χ4v) is 3.68. The molecule has 2 N–H and O–H groups in total. The first-order chi connectivity index (χ1) is 12.9. The molecule has 0 aromatic heterocycles. The second-order valence-electron chi connectivity index (χ2n) is 5.55. The lowest BCUT2D eigenvalue weighted by molar-refractivity contribution is -0.174. The van der Waals surface area contributed by atoms with Crippen molar-refractivity contribution in [3.05, 3.63) is 45.7 Å². The third kappa shape index (κ3) is 3.06. The second kappa shape index (κ2) is 8.22. The number of halogens is 1. The van der Waals surface area contributed by atoms with Crippen molar-refractivity contribution in [2.24, 2.45) is 5.73 Å². The minimum Gasteiger partial charge on any atom is -0.464 e. The van der Waals surface area contributed by atoms with E-state index in [1.807, 2.05) is 6.07 Å². The Morgan fingerprint density at radius 2 is 1.85 bits per heavy atom. The molecule has 1 aromatic carbocycles. The zero-order valence-corrected chi connectivity index (χ0v) is 16.4. The third-order valence-corrected chi connectivity index (χ3v) is 4.96. The van der Waals surface area contributed by atoms with Crippen LogP contribution in [0, 0.1) is 11.3 Å². The number of nitriles is 1. The van der Waals surface area contributed by atoms with E-state index in [1.165, 1.54) is 0 Å². The van der Waals surface area contributed by atoms with Gasteiger partial charge in [0.05, 0.1) is 30.8 Å². The Kier molecular flexibility index (Phi) is 6.23. The lowest BCUT2D eigenvalue weighted by Crippen LogP contribution is -2.61. The van der Waals surface area contributed by atoms with Crippen molar-refractivity contribution in [3.63, 3.8) is 0 Å². The molecule has 1 amide bonds. The summed E-state index contributed by atoms with van der Waals surface area (Å²) >= 11 is 3.37. The number of rotatable bonds is 6. The molecule has 8 nitrogen and oxygen atoms in total. The number of benzene rings is 1. The van der Waals surface area contributed by atoms with Crippen LogP contribution in [0.25, 0.3) is 0 Å². The highest BCUT2D eigenvalue weighted by molar-refractivity contribution is 9.10. The quantitative estimate of drug-likeness (QED) is 0.408. The number of carbonyl (C=O) groups excluding carboxylic acids is 3. The summed E-state index contributed by atoms with van der Waals surface area (Å²) in [7, 11) is 0. The lowest BCUT2D eigenvalue weighted by Gasteiger charge is -2.36. The van der Waals surface area contributed by atoms with E-state index in [0.717, 1.165) is 4.90 Å². The normalized spacial score (nSPS) is 18.0. The van der Waals surface area contributed by atoms with Crippen LogP contribution in [0.1, 0.15) is 25.3 Å². The first-order valence-corrected chi connectivity index (χ1v) is 8.94. The van der Waals surface area contributed by atoms with Gasteiger partial charge >= 0.3 is 11.9 Å². The van der Waals surface area contributed by atoms with E-state index >= 15 is 0 Å². The van der Waals surface area contributed by atoms with Gasteiger partial charge in [-0.15, -0.1) is 0 Å². The van der Waals surface area contributed by atoms with Crippen molar-refractivity contribution in [1.29, 1.82) is 5.26 Å². The molecule has 142 valence electrons. The van der Waals surface area contributed by atoms with Crippen molar-refractivity contribution < 1.29 is 23.9 Å². The molecule has 0 bridgehead atoms. The molecule has 0 fully saturated rings. The van der Waals surface area contributed by atoms with Gasteiger partial charge in [-0.05, 0) is 25.5 Å². The number of hydrogen-bond acceptors (Lipinski definition) is 7. The van der Waals surface area contributed by atoms with Gasteiger partial charge in [0.1, 0.15) is 5.82 Å². The minimum atomic E-state index is -2.27. The third-order valence-electron chi connectivity index (χ3n) is 4.24. The zero-order chi connectivity index (χ0) is 20.2. The average molecular weight is 436 g/mol. The maximum atomic E-state index is 13.0. The van der Waals surface area contributed by atoms with Crippen LogP contribution >= 0.6 is 15.9 Å². The number of carbonyl (C=O) groups is 3. The molecule has 0 saturated heterocycles. The van der Waals surface area contributed by atoms with Crippen LogP contribution in [0.2, 0.25) is 0 Å². The molecule has 1 aliphatic heterocycles. The Balaban J connectivity index is 2.89. The molecule has 1 aromatic rings. The van der Waals surface area contributed by atoms with Gasteiger partial charge in [0.25, 0.3) is 5.54 Å². The summed E-state index contributed by atoms with van der Waals surface area (Å²) in [4.78, 5) is 38.6. The number of nitrogens with zero attached hydrogens (tertiary/aromatic N) is 2. The van der Waals surface area contributed by atoms with Gasteiger partial charge in [-0.1, -0.05) is 34.1 Å². The van der Waals surface area contributed by atoms with Crippen molar-refractivity contribution in [2.45, 2.75) is 25.3 Å². The summed E-state index contributed by atoms with van der Waals surface area (Å²) in [6.45, 7) is 3.03. The Hall–Kier alpha value is -2.86. The fourth-order valence-electron chi connectivity index (χ4n) is 3.17. The maximum absolute atomic E-state index is 13.0. The highest BCUT2D eigenvalue weighted by Gasteiger charge is 2.66. The molecule has 1 atom stereocenters. The summed E-state index contributed by atoms with van der Waals surface area (Å²) in [6.07, 6.45) is 0.233. The number of amides is 1. The second-order valence-corrected chi connectivity index (χ2v) is 6.40. The topological polar surface area (TPSA) is 123 Å². The zero-order valence-electron chi connectivity index (χ0n) is 14.8. The van der Waals surface area contributed by atoms with Crippen LogP contribution in [0.15, 0.2) is 40.1 Å². The van der Waals surface area contributed by atoms with Gasteiger partial charge in [-0.25, -0.2) is 9.59 Å². The highest BCUT2D eigenvalue weighted by Crippen LogP contribution is 2.49. The molecule has 2 rings (SSSR count). The monoisotopic (exact) mass is 435 g/mol.